The second-order valence-corrected chi connectivity index (χ2v) is 4.34. The summed E-state index contributed by atoms with van der Waals surface area (Å²) < 4.78 is 19.1. The first-order valence-corrected chi connectivity index (χ1v) is 6.34. The van der Waals surface area contributed by atoms with Crippen molar-refractivity contribution >= 4 is 17.3 Å². The molecule has 104 valence electrons. The lowest BCUT2D eigenvalue weighted by molar-refractivity contribution is -0.384. The van der Waals surface area contributed by atoms with Crippen molar-refractivity contribution in [2.75, 3.05) is 0 Å². The monoisotopic (exact) mass is 295 g/mol. The Morgan fingerprint density at radius 3 is 2.50 bits per heavy atom. The highest BCUT2D eigenvalue weighted by atomic mass is 35.5. The number of nitro groups is 1. The molecule has 2 aromatic rings. The van der Waals surface area contributed by atoms with Crippen LogP contribution >= 0.6 is 11.6 Å². The topological polar surface area (TPSA) is 52.4 Å². The second kappa shape index (κ2) is 6.34. The number of hydrogen-bond acceptors (Lipinski definition) is 3. The predicted octanol–water partition coefficient (Wildman–Crippen LogP) is 4.05. The Morgan fingerprint density at radius 2 is 1.90 bits per heavy atom. The summed E-state index contributed by atoms with van der Waals surface area (Å²) in [7, 11) is 0. The number of alkyl halides is 1. The van der Waals surface area contributed by atoms with Gasteiger partial charge in [0.25, 0.3) is 5.69 Å². The summed E-state index contributed by atoms with van der Waals surface area (Å²) in [5.74, 6) is -0.223. The second-order valence-electron chi connectivity index (χ2n) is 4.07. The highest BCUT2D eigenvalue weighted by molar-refractivity contribution is 6.17. The molecular formula is C14H11ClFNO3. The van der Waals surface area contributed by atoms with Gasteiger partial charge in [-0.2, -0.15) is 0 Å². The quantitative estimate of drug-likeness (QED) is 0.475. The van der Waals surface area contributed by atoms with Crippen LogP contribution in [-0.4, -0.2) is 4.92 Å². The van der Waals surface area contributed by atoms with Crippen LogP contribution in [0, 0.1) is 15.9 Å². The van der Waals surface area contributed by atoms with Crippen LogP contribution in [0.25, 0.3) is 0 Å². The Bertz CT molecular complexity index is 616. The van der Waals surface area contributed by atoms with Gasteiger partial charge in [0.05, 0.1) is 10.8 Å². The SMILES string of the molecule is O=[N+]([O-])c1ccc(COc2c(F)cccc2CCl)cc1. The molecule has 0 heterocycles. The standard InChI is InChI=1S/C14H11ClFNO3/c15-8-11-2-1-3-13(16)14(11)20-9-10-4-6-12(7-5-10)17(18)19/h1-7H,8-9H2. The number of para-hydroxylation sites is 1. The minimum Gasteiger partial charge on any atom is -0.485 e. The number of rotatable bonds is 5. The smallest absolute Gasteiger partial charge is 0.269 e. The van der Waals surface area contributed by atoms with Crippen molar-refractivity contribution < 1.29 is 14.1 Å². The fraction of sp³-hybridized carbons (Fsp3) is 0.143. The number of hydrogen-bond donors (Lipinski definition) is 0. The van der Waals surface area contributed by atoms with Crippen LogP contribution in [0.4, 0.5) is 10.1 Å². The van der Waals surface area contributed by atoms with E-state index in [1.807, 2.05) is 0 Å². The summed E-state index contributed by atoms with van der Waals surface area (Å²) in [6.07, 6.45) is 0. The third-order valence-electron chi connectivity index (χ3n) is 2.72. The Balaban J connectivity index is 2.11. The van der Waals surface area contributed by atoms with Gasteiger partial charge in [0, 0.05) is 17.7 Å². The van der Waals surface area contributed by atoms with Crippen LogP contribution in [-0.2, 0) is 12.5 Å². The van der Waals surface area contributed by atoms with E-state index in [1.54, 1.807) is 24.3 Å². The fourth-order valence-electron chi connectivity index (χ4n) is 1.69. The van der Waals surface area contributed by atoms with E-state index in [-0.39, 0.29) is 23.9 Å². The number of benzene rings is 2. The molecule has 0 atom stereocenters. The maximum Gasteiger partial charge on any atom is 0.269 e. The molecule has 0 fully saturated rings. The van der Waals surface area contributed by atoms with Gasteiger partial charge in [0.15, 0.2) is 11.6 Å². The highest BCUT2D eigenvalue weighted by Crippen LogP contribution is 2.25. The zero-order valence-electron chi connectivity index (χ0n) is 10.4. The van der Waals surface area contributed by atoms with Crippen molar-refractivity contribution in [2.45, 2.75) is 12.5 Å². The average molecular weight is 296 g/mol. The van der Waals surface area contributed by atoms with E-state index < -0.39 is 10.7 Å². The van der Waals surface area contributed by atoms with Gasteiger partial charge in [0.2, 0.25) is 0 Å². The normalized spacial score (nSPS) is 10.3. The summed E-state index contributed by atoms with van der Waals surface area (Å²) in [6.45, 7) is 0.114. The molecule has 0 aliphatic heterocycles. The van der Waals surface area contributed by atoms with E-state index in [2.05, 4.69) is 0 Å². The first-order chi connectivity index (χ1) is 9.61. The van der Waals surface area contributed by atoms with Crippen molar-refractivity contribution in [3.63, 3.8) is 0 Å². The Morgan fingerprint density at radius 1 is 1.20 bits per heavy atom. The Hall–Kier alpha value is -2.14. The maximum atomic E-state index is 13.6. The molecule has 0 aliphatic rings. The number of halogens is 2. The average Bonchev–Trinajstić information content (AvgIpc) is 2.46. The van der Waals surface area contributed by atoms with E-state index in [0.29, 0.717) is 11.1 Å². The van der Waals surface area contributed by atoms with Crippen LogP contribution in [0.5, 0.6) is 5.75 Å². The molecule has 4 nitrogen and oxygen atoms in total. The minimum atomic E-state index is -0.481. The summed E-state index contributed by atoms with van der Waals surface area (Å²) >= 11 is 5.72. The molecule has 0 N–H and O–H groups in total. The molecule has 0 saturated heterocycles. The molecule has 0 aromatic heterocycles. The molecular weight excluding hydrogens is 285 g/mol. The van der Waals surface area contributed by atoms with Crippen molar-refractivity contribution in [1.82, 2.24) is 0 Å². The Kier molecular flexibility index (Phi) is 4.53. The maximum absolute atomic E-state index is 13.6. The summed E-state index contributed by atoms with van der Waals surface area (Å²) in [6, 6.07) is 10.4. The number of ether oxygens (including phenoxy) is 1. The van der Waals surface area contributed by atoms with Gasteiger partial charge in [-0.1, -0.05) is 12.1 Å². The third-order valence-corrected chi connectivity index (χ3v) is 3.01. The van der Waals surface area contributed by atoms with Crippen LogP contribution in [0.2, 0.25) is 0 Å². The lowest BCUT2D eigenvalue weighted by atomic mass is 10.2. The minimum absolute atomic E-state index is 0.00101. The van der Waals surface area contributed by atoms with Crippen molar-refractivity contribution in [3.8, 4) is 5.75 Å². The van der Waals surface area contributed by atoms with E-state index in [9.17, 15) is 14.5 Å². The third kappa shape index (κ3) is 3.24. The number of non-ortho nitro benzene ring substituents is 1. The van der Waals surface area contributed by atoms with Crippen LogP contribution in [0.1, 0.15) is 11.1 Å². The number of nitro benzene ring substituents is 1. The van der Waals surface area contributed by atoms with Crippen molar-refractivity contribution in [1.29, 1.82) is 0 Å². The van der Waals surface area contributed by atoms with Gasteiger partial charge >= 0.3 is 0 Å². The zero-order chi connectivity index (χ0) is 14.5. The number of nitrogens with zero attached hydrogens (tertiary/aromatic N) is 1. The zero-order valence-corrected chi connectivity index (χ0v) is 11.1. The van der Waals surface area contributed by atoms with Gasteiger partial charge in [-0.05, 0) is 23.8 Å². The molecule has 2 rings (SSSR count). The molecule has 20 heavy (non-hydrogen) atoms. The van der Waals surface area contributed by atoms with Gasteiger partial charge in [-0.3, -0.25) is 10.1 Å². The molecule has 2 aromatic carbocycles. The van der Waals surface area contributed by atoms with Crippen LogP contribution < -0.4 is 4.74 Å². The molecule has 0 saturated carbocycles. The molecule has 0 aliphatic carbocycles. The van der Waals surface area contributed by atoms with Gasteiger partial charge < -0.3 is 4.74 Å². The van der Waals surface area contributed by atoms with Gasteiger partial charge in [-0.15, -0.1) is 11.6 Å². The summed E-state index contributed by atoms with van der Waals surface area (Å²) in [5.41, 5.74) is 1.27. The molecule has 0 unspecified atom stereocenters. The van der Waals surface area contributed by atoms with Gasteiger partial charge in [0.1, 0.15) is 6.61 Å². The van der Waals surface area contributed by atoms with Crippen LogP contribution in [0.15, 0.2) is 42.5 Å². The van der Waals surface area contributed by atoms with Gasteiger partial charge in [-0.25, -0.2) is 4.39 Å². The molecule has 0 amide bonds. The van der Waals surface area contributed by atoms with Crippen LogP contribution in [0.3, 0.4) is 0 Å². The van der Waals surface area contributed by atoms with E-state index in [4.69, 9.17) is 16.3 Å². The van der Waals surface area contributed by atoms with E-state index >= 15 is 0 Å². The van der Waals surface area contributed by atoms with Crippen molar-refractivity contribution in [2.24, 2.45) is 0 Å². The largest absolute Gasteiger partial charge is 0.485 e. The first-order valence-electron chi connectivity index (χ1n) is 5.81. The first kappa shape index (κ1) is 14.3. The summed E-state index contributed by atoms with van der Waals surface area (Å²) in [5, 5.41) is 10.5. The molecule has 6 heteroatoms. The molecule has 0 bridgehead atoms. The lowest BCUT2D eigenvalue weighted by Gasteiger charge is -2.10. The fourth-order valence-corrected chi connectivity index (χ4v) is 1.90. The van der Waals surface area contributed by atoms with Crippen molar-refractivity contribution in [3.05, 3.63) is 69.5 Å². The van der Waals surface area contributed by atoms with E-state index in [1.165, 1.54) is 18.2 Å². The highest BCUT2D eigenvalue weighted by Gasteiger charge is 2.10. The Labute approximate surface area is 119 Å². The molecule has 0 spiro atoms. The predicted molar refractivity (Wildman–Crippen MR) is 73.4 cm³/mol. The van der Waals surface area contributed by atoms with E-state index in [0.717, 1.165) is 0 Å². The molecule has 0 radical (unpaired) electrons. The summed E-state index contributed by atoms with van der Waals surface area (Å²) in [4.78, 5) is 10.1. The lowest BCUT2D eigenvalue weighted by Crippen LogP contribution is -2.00.